The molecule has 4 aromatic rings. The van der Waals surface area contributed by atoms with Gasteiger partial charge in [0.05, 0.1) is 0 Å². The summed E-state index contributed by atoms with van der Waals surface area (Å²) in [4.78, 5) is 0. The molecule has 0 unspecified atom stereocenters. The molecule has 28 heavy (non-hydrogen) atoms. The summed E-state index contributed by atoms with van der Waals surface area (Å²) >= 11 is -3.45. The van der Waals surface area contributed by atoms with Gasteiger partial charge in [-0.2, -0.15) is 0 Å². The van der Waals surface area contributed by atoms with Crippen LogP contribution in [0.4, 0.5) is 0 Å². The Morgan fingerprint density at radius 2 is 0.714 bits per heavy atom. The van der Waals surface area contributed by atoms with Crippen molar-refractivity contribution in [3.63, 3.8) is 0 Å². The summed E-state index contributed by atoms with van der Waals surface area (Å²) < 4.78 is 4.58. The molecule has 0 aliphatic heterocycles. The third kappa shape index (κ3) is 3.10. The second-order valence-electron chi connectivity index (χ2n) is 7.84. The molecule has 0 heterocycles. The monoisotopic (exact) mass is 470 g/mol. The zero-order valence-corrected chi connectivity index (χ0v) is 19.4. The van der Waals surface area contributed by atoms with E-state index in [4.69, 9.17) is 0 Å². The molecule has 1 heteroatoms. The molecule has 0 amide bonds. The van der Waals surface area contributed by atoms with E-state index in [1.165, 1.54) is 16.3 Å². The van der Waals surface area contributed by atoms with Crippen molar-refractivity contribution in [1.82, 2.24) is 0 Å². The van der Waals surface area contributed by atoms with Crippen molar-refractivity contribution in [3.05, 3.63) is 127 Å². The van der Waals surface area contributed by atoms with Crippen molar-refractivity contribution in [2.24, 2.45) is 0 Å². The molecule has 4 rings (SSSR count). The van der Waals surface area contributed by atoms with Gasteiger partial charge in [0.1, 0.15) is 0 Å². The van der Waals surface area contributed by atoms with Crippen LogP contribution in [-0.2, 0) is 3.43 Å². The first-order valence-electron chi connectivity index (χ1n) is 9.89. The van der Waals surface area contributed by atoms with Crippen LogP contribution in [0.1, 0.15) is 19.4 Å². The van der Waals surface area contributed by atoms with E-state index in [2.05, 4.69) is 135 Å². The quantitative estimate of drug-likeness (QED) is 0.373. The van der Waals surface area contributed by atoms with Gasteiger partial charge in [0.2, 0.25) is 0 Å². The average molecular weight is 469 g/mol. The number of hydrogen-bond acceptors (Lipinski definition) is 0. The molecule has 0 fully saturated rings. The van der Waals surface area contributed by atoms with Crippen molar-refractivity contribution < 1.29 is 0 Å². The van der Waals surface area contributed by atoms with Gasteiger partial charge in [-0.15, -0.1) is 0 Å². The van der Waals surface area contributed by atoms with Crippen LogP contribution in [0, 0.1) is 0 Å². The standard InChI is InChI=1S/C9H11.3C6H5.Sn/c1-8(2)9-6-4-3-5-7-9;3*1-2-4-6-5-3-1;/h3-7H,1-2H3;3*1-5H;. The summed E-state index contributed by atoms with van der Waals surface area (Å²) in [6.45, 7) is 4.93. The first kappa shape index (κ1) is 19.0. The molecule has 0 aliphatic rings. The van der Waals surface area contributed by atoms with Crippen molar-refractivity contribution in [1.29, 1.82) is 0 Å². The molecule has 0 bridgehead atoms. The summed E-state index contributed by atoms with van der Waals surface area (Å²) in [5.41, 5.74) is 1.42. The number of benzene rings is 4. The molecule has 0 atom stereocenters. The predicted octanol–water partition coefficient (Wildman–Crippen LogP) is 4.67. The van der Waals surface area contributed by atoms with Crippen LogP contribution in [0.3, 0.4) is 0 Å². The van der Waals surface area contributed by atoms with Crippen molar-refractivity contribution >= 4 is 29.1 Å². The van der Waals surface area contributed by atoms with Gasteiger partial charge in [-0.05, 0) is 0 Å². The predicted molar refractivity (Wildman–Crippen MR) is 123 cm³/mol. The zero-order chi connectivity index (χ0) is 19.5. The first-order chi connectivity index (χ1) is 13.7. The fourth-order valence-electron chi connectivity index (χ4n) is 4.72. The van der Waals surface area contributed by atoms with E-state index < -0.39 is 18.4 Å². The summed E-state index contributed by atoms with van der Waals surface area (Å²) in [6.07, 6.45) is 0. The summed E-state index contributed by atoms with van der Waals surface area (Å²) in [6, 6.07) is 44.9. The molecular weight excluding hydrogens is 443 g/mol. The van der Waals surface area contributed by atoms with Crippen LogP contribution in [-0.4, -0.2) is 18.4 Å². The average Bonchev–Trinajstić information content (AvgIpc) is 2.77. The maximum absolute atomic E-state index is 3.45. The van der Waals surface area contributed by atoms with Gasteiger partial charge in [0, 0.05) is 0 Å². The van der Waals surface area contributed by atoms with Crippen molar-refractivity contribution in [2.45, 2.75) is 17.3 Å². The fraction of sp³-hybridized carbons (Fsp3) is 0.111. The summed E-state index contributed by atoms with van der Waals surface area (Å²) in [5, 5.41) is 0. The van der Waals surface area contributed by atoms with Crippen molar-refractivity contribution in [2.75, 3.05) is 0 Å². The molecule has 0 aliphatic carbocycles. The molecule has 0 spiro atoms. The second-order valence-corrected chi connectivity index (χ2v) is 20.6. The summed E-state index contributed by atoms with van der Waals surface area (Å²) in [5.74, 6) is 0. The van der Waals surface area contributed by atoms with Crippen LogP contribution in [0.25, 0.3) is 0 Å². The van der Waals surface area contributed by atoms with Gasteiger partial charge >= 0.3 is 173 Å². The normalized spacial score (nSPS) is 11.9. The molecule has 0 nitrogen and oxygen atoms in total. The van der Waals surface area contributed by atoms with Crippen LogP contribution in [0.5, 0.6) is 0 Å². The van der Waals surface area contributed by atoms with Crippen LogP contribution < -0.4 is 10.7 Å². The van der Waals surface area contributed by atoms with E-state index in [9.17, 15) is 0 Å². The molecule has 0 saturated heterocycles. The topological polar surface area (TPSA) is 0 Å². The third-order valence-electron chi connectivity index (χ3n) is 6.05. The molecule has 4 aromatic carbocycles. The Morgan fingerprint density at radius 1 is 0.429 bits per heavy atom. The molecule has 0 N–H and O–H groups in total. The second kappa shape index (κ2) is 7.97. The van der Waals surface area contributed by atoms with Gasteiger partial charge in [-0.25, -0.2) is 0 Å². The SMILES string of the molecule is C[C](C)(c1ccccc1)[Sn]([c]1ccccc1)([c]1ccccc1)[c]1ccccc1. The fourth-order valence-corrected chi connectivity index (χ4v) is 21.4. The summed E-state index contributed by atoms with van der Waals surface area (Å²) in [7, 11) is 0. The zero-order valence-electron chi connectivity index (χ0n) is 16.5. The number of rotatable bonds is 5. The van der Waals surface area contributed by atoms with Gasteiger partial charge in [-0.1, -0.05) is 0 Å². The Balaban J connectivity index is 2.14. The number of hydrogen-bond donors (Lipinski definition) is 0. The molecule has 0 aromatic heterocycles. The Bertz CT molecular complexity index is 910. The van der Waals surface area contributed by atoms with Gasteiger partial charge < -0.3 is 0 Å². The van der Waals surface area contributed by atoms with E-state index >= 15 is 0 Å². The van der Waals surface area contributed by atoms with E-state index in [1.54, 1.807) is 0 Å². The minimum atomic E-state index is -3.45. The minimum absolute atomic E-state index is 0.0278. The maximum atomic E-state index is 2.46. The van der Waals surface area contributed by atoms with E-state index in [0.717, 1.165) is 0 Å². The van der Waals surface area contributed by atoms with E-state index in [0.29, 0.717) is 0 Å². The Labute approximate surface area is 172 Å². The first-order valence-corrected chi connectivity index (χ1v) is 15.6. The van der Waals surface area contributed by atoms with E-state index in [1.807, 2.05) is 0 Å². The third-order valence-corrected chi connectivity index (χ3v) is 22.5. The molecule has 138 valence electrons. The molecular formula is C27H26Sn. The van der Waals surface area contributed by atoms with Crippen molar-refractivity contribution in [3.8, 4) is 0 Å². The Kier molecular flexibility index (Phi) is 5.41. The van der Waals surface area contributed by atoms with Crippen LogP contribution in [0.15, 0.2) is 121 Å². The van der Waals surface area contributed by atoms with Crippen LogP contribution >= 0.6 is 0 Å². The van der Waals surface area contributed by atoms with Crippen LogP contribution in [0.2, 0.25) is 0 Å². The Morgan fingerprint density at radius 3 is 1.04 bits per heavy atom. The van der Waals surface area contributed by atoms with E-state index in [-0.39, 0.29) is 3.43 Å². The molecule has 0 saturated carbocycles. The van der Waals surface area contributed by atoms with Gasteiger partial charge in [0.25, 0.3) is 0 Å². The van der Waals surface area contributed by atoms with Gasteiger partial charge in [-0.3, -0.25) is 0 Å². The van der Waals surface area contributed by atoms with Gasteiger partial charge in [0.15, 0.2) is 0 Å². The Hall–Kier alpha value is -2.32. The molecule has 0 radical (unpaired) electrons.